The molecule has 0 aromatic rings. The van der Waals surface area contributed by atoms with Gasteiger partial charge in [0.2, 0.25) is 5.91 Å². The number of hydrogen-bond donors (Lipinski definition) is 1. The Labute approximate surface area is 115 Å². The lowest BCUT2D eigenvalue weighted by molar-refractivity contribution is -0.137. The lowest BCUT2D eigenvalue weighted by Gasteiger charge is -2.44. The van der Waals surface area contributed by atoms with E-state index in [0.717, 1.165) is 25.7 Å². The molecule has 0 saturated carbocycles. The SMILES string of the molecule is CCCCC1(CCCC)C(=N)N(C)C(=O)N(C)C1=O. The minimum atomic E-state index is -0.802. The molecule has 1 N–H and O–H groups in total. The minimum Gasteiger partial charge on any atom is -0.287 e. The van der Waals surface area contributed by atoms with Crippen molar-refractivity contribution in [1.29, 1.82) is 5.41 Å². The van der Waals surface area contributed by atoms with Crippen molar-refractivity contribution in [3.63, 3.8) is 0 Å². The first-order valence-corrected chi connectivity index (χ1v) is 7.07. The Kier molecular flexibility index (Phi) is 5.09. The molecule has 5 nitrogen and oxygen atoms in total. The zero-order chi connectivity index (χ0) is 14.6. The maximum atomic E-state index is 12.6. The van der Waals surface area contributed by atoms with Crippen molar-refractivity contribution in [2.24, 2.45) is 5.41 Å². The van der Waals surface area contributed by atoms with Crippen LogP contribution in [0.5, 0.6) is 0 Å². The summed E-state index contributed by atoms with van der Waals surface area (Å²) in [6.07, 6.45) is 5.07. The van der Waals surface area contributed by atoms with E-state index in [1.165, 1.54) is 16.8 Å². The van der Waals surface area contributed by atoms with E-state index in [4.69, 9.17) is 5.41 Å². The van der Waals surface area contributed by atoms with Gasteiger partial charge >= 0.3 is 6.03 Å². The summed E-state index contributed by atoms with van der Waals surface area (Å²) in [6.45, 7) is 4.14. The van der Waals surface area contributed by atoms with Crippen LogP contribution in [0.4, 0.5) is 4.79 Å². The molecule has 3 amide bonds. The van der Waals surface area contributed by atoms with E-state index in [2.05, 4.69) is 13.8 Å². The Bertz CT molecular complexity index is 345. The van der Waals surface area contributed by atoms with Gasteiger partial charge in [-0.15, -0.1) is 0 Å². The van der Waals surface area contributed by atoms with Crippen molar-refractivity contribution < 1.29 is 9.59 Å². The molecular formula is C14H25N3O2. The Morgan fingerprint density at radius 2 is 1.47 bits per heavy atom. The number of rotatable bonds is 6. The second-order valence-electron chi connectivity index (χ2n) is 5.34. The van der Waals surface area contributed by atoms with Crippen LogP contribution in [0.1, 0.15) is 52.4 Å². The third-order valence-electron chi connectivity index (χ3n) is 3.99. The first-order chi connectivity index (χ1) is 8.92. The van der Waals surface area contributed by atoms with Crippen LogP contribution < -0.4 is 0 Å². The molecule has 1 aliphatic rings. The molecule has 1 rings (SSSR count). The topological polar surface area (TPSA) is 64.5 Å². The lowest BCUT2D eigenvalue weighted by Crippen LogP contribution is -2.62. The highest BCUT2D eigenvalue weighted by molar-refractivity contribution is 6.19. The van der Waals surface area contributed by atoms with Crippen LogP contribution in [0, 0.1) is 10.8 Å². The molecule has 5 heteroatoms. The highest BCUT2D eigenvalue weighted by Gasteiger charge is 2.51. The van der Waals surface area contributed by atoms with Crippen molar-refractivity contribution in [3.8, 4) is 0 Å². The van der Waals surface area contributed by atoms with Crippen LogP contribution in [0.15, 0.2) is 0 Å². The Balaban J connectivity index is 3.12. The molecule has 1 fully saturated rings. The molecule has 0 aromatic heterocycles. The standard InChI is InChI=1S/C14H25N3O2/c1-5-7-9-14(10-8-6-2)11(15)16(3)13(19)17(4)12(14)18/h15H,5-10H2,1-4H3. The molecule has 0 unspecified atom stereocenters. The monoisotopic (exact) mass is 267 g/mol. The van der Waals surface area contributed by atoms with Crippen molar-refractivity contribution in [2.45, 2.75) is 52.4 Å². The average molecular weight is 267 g/mol. The zero-order valence-electron chi connectivity index (χ0n) is 12.5. The molecule has 1 heterocycles. The lowest BCUT2D eigenvalue weighted by atomic mass is 9.74. The van der Waals surface area contributed by atoms with E-state index in [1.54, 1.807) is 7.05 Å². The number of amidine groups is 1. The molecule has 19 heavy (non-hydrogen) atoms. The fourth-order valence-electron chi connectivity index (χ4n) is 2.68. The van der Waals surface area contributed by atoms with E-state index in [1.807, 2.05) is 0 Å². The van der Waals surface area contributed by atoms with Gasteiger partial charge in [-0.3, -0.25) is 20.0 Å². The number of amides is 3. The second-order valence-corrected chi connectivity index (χ2v) is 5.34. The predicted octanol–water partition coefficient (Wildman–Crippen LogP) is 2.85. The number of carbonyl (C=O) groups is 2. The largest absolute Gasteiger partial charge is 0.331 e. The summed E-state index contributed by atoms with van der Waals surface area (Å²) in [5.41, 5.74) is -0.802. The molecule has 0 radical (unpaired) electrons. The third-order valence-corrected chi connectivity index (χ3v) is 3.99. The molecule has 0 bridgehead atoms. The van der Waals surface area contributed by atoms with Gasteiger partial charge in [-0.05, 0) is 12.8 Å². The smallest absolute Gasteiger partial charge is 0.287 e. The summed E-state index contributed by atoms with van der Waals surface area (Å²) in [4.78, 5) is 26.9. The van der Waals surface area contributed by atoms with Gasteiger partial charge < -0.3 is 0 Å². The van der Waals surface area contributed by atoms with E-state index in [9.17, 15) is 9.59 Å². The molecule has 0 spiro atoms. The Morgan fingerprint density at radius 1 is 1.00 bits per heavy atom. The maximum Gasteiger partial charge on any atom is 0.331 e. The molecule has 1 saturated heterocycles. The van der Waals surface area contributed by atoms with Crippen molar-refractivity contribution in [2.75, 3.05) is 14.1 Å². The van der Waals surface area contributed by atoms with E-state index < -0.39 is 11.4 Å². The Morgan fingerprint density at radius 3 is 1.89 bits per heavy atom. The van der Waals surface area contributed by atoms with Gasteiger partial charge in [0.25, 0.3) is 0 Å². The summed E-state index contributed by atoms with van der Waals surface area (Å²) in [5.74, 6) is -0.0370. The predicted molar refractivity (Wildman–Crippen MR) is 75.1 cm³/mol. The number of imide groups is 1. The summed E-state index contributed by atoms with van der Waals surface area (Å²) >= 11 is 0. The quantitative estimate of drug-likeness (QED) is 0.804. The number of hydrogen-bond acceptors (Lipinski definition) is 3. The molecule has 0 aromatic carbocycles. The van der Waals surface area contributed by atoms with E-state index in [0.29, 0.717) is 12.8 Å². The molecule has 0 aliphatic carbocycles. The highest BCUT2D eigenvalue weighted by atomic mass is 16.2. The first kappa shape index (κ1) is 15.7. The van der Waals surface area contributed by atoms with E-state index in [-0.39, 0.29) is 11.7 Å². The van der Waals surface area contributed by atoms with Crippen LogP contribution in [-0.2, 0) is 4.79 Å². The molecule has 1 aliphatic heterocycles. The number of urea groups is 1. The van der Waals surface area contributed by atoms with Gasteiger partial charge in [-0.25, -0.2) is 4.79 Å². The van der Waals surface area contributed by atoms with Crippen LogP contribution >= 0.6 is 0 Å². The van der Waals surface area contributed by atoms with Crippen molar-refractivity contribution in [1.82, 2.24) is 9.80 Å². The van der Waals surface area contributed by atoms with Gasteiger partial charge in [0.15, 0.2) is 0 Å². The summed E-state index contributed by atoms with van der Waals surface area (Å²) < 4.78 is 0. The van der Waals surface area contributed by atoms with Crippen LogP contribution in [0.25, 0.3) is 0 Å². The summed E-state index contributed by atoms with van der Waals surface area (Å²) in [6, 6.07) is -0.404. The summed E-state index contributed by atoms with van der Waals surface area (Å²) in [5, 5.41) is 8.27. The fourth-order valence-corrected chi connectivity index (χ4v) is 2.68. The van der Waals surface area contributed by atoms with E-state index >= 15 is 0 Å². The number of nitrogens with one attached hydrogen (secondary N) is 1. The Hall–Kier alpha value is -1.39. The number of carbonyl (C=O) groups excluding carboxylic acids is 2. The van der Waals surface area contributed by atoms with Crippen molar-refractivity contribution >= 4 is 17.8 Å². The molecule has 108 valence electrons. The van der Waals surface area contributed by atoms with Crippen LogP contribution in [0.2, 0.25) is 0 Å². The average Bonchev–Trinajstić information content (AvgIpc) is 2.43. The molecule has 0 atom stereocenters. The van der Waals surface area contributed by atoms with Crippen molar-refractivity contribution in [3.05, 3.63) is 0 Å². The first-order valence-electron chi connectivity index (χ1n) is 7.07. The van der Waals surface area contributed by atoms with Gasteiger partial charge in [0, 0.05) is 14.1 Å². The third kappa shape index (κ3) is 2.65. The van der Waals surface area contributed by atoms with Gasteiger partial charge in [0.05, 0.1) is 0 Å². The number of nitrogens with zero attached hydrogens (tertiary/aromatic N) is 2. The maximum absolute atomic E-state index is 12.6. The van der Waals surface area contributed by atoms with Gasteiger partial charge in [0.1, 0.15) is 11.3 Å². The summed E-state index contributed by atoms with van der Waals surface area (Å²) in [7, 11) is 3.10. The minimum absolute atomic E-state index is 0.169. The number of unbranched alkanes of at least 4 members (excludes halogenated alkanes) is 2. The fraction of sp³-hybridized carbons (Fsp3) is 0.786. The second kappa shape index (κ2) is 6.17. The van der Waals surface area contributed by atoms with Crippen LogP contribution in [-0.4, -0.2) is 41.7 Å². The van der Waals surface area contributed by atoms with Crippen LogP contribution in [0.3, 0.4) is 0 Å². The highest BCUT2D eigenvalue weighted by Crippen LogP contribution is 2.38. The van der Waals surface area contributed by atoms with Gasteiger partial charge in [-0.2, -0.15) is 0 Å². The zero-order valence-corrected chi connectivity index (χ0v) is 12.5. The normalized spacial score (nSPS) is 19.3. The molecular weight excluding hydrogens is 242 g/mol. The van der Waals surface area contributed by atoms with Gasteiger partial charge in [-0.1, -0.05) is 39.5 Å².